The van der Waals surface area contributed by atoms with Crippen LogP contribution in [-0.2, 0) is 0 Å². The Morgan fingerprint density at radius 3 is 1.73 bits per heavy atom. The zero-order valence-electron chi connectivity index (χ0n) is 14.8. The van der Waals surface area contributed by atoms with Gasteiger partial charge < -0.3 is 11.5 Å². The van der Waals surface area contributed by atoms with Gasteiger partial charge in [0.2, 0.25) is 0 Å². The van der Waals surface area contributed by atoms with Crippen molar-refractivity contribution in [3.8, 4) is 22.3 Å². The molecule has 3 rings (SSSR count). The van der Waals surface area contributed by atoms with E-state index in [4.69, 9.17) is 11.5 Å². The first-order valence-electron chi connectivity index (χ1n) is 8.92. The van der Waals surface area contributed by atoms with Crippen molar-refractivity contribution >= 4 is 5.78 Å². The molecule has 26 heavy (non-hydrogen) atoms. The van der Waals surface area contributed by atoms with Crippen LogP contribution >= 0.6 is 0 Å². The van der Waals surface area contributed by atoms with Crippen LogP contribution in [0.1, 0.15) is 23.2 Å². The smallest absolute Gasteiger partial charge is 0.162 e. The Kier molecular flexibility index (Phi) is 5.95. The summed E-state index contributed by atoms with van der Waals surface area (Å²) in [5.74, 6) is 0.101. The molecule has 0 bridgehead atoms. The largest absolute Gasteiger partial charge is 0.329 e. The zero-order valence-corrected chi connectivity index (χ0v) is 14.8. The zero-order chi connectivity index (χ0) is 18.4. The van der Waals surface area contributed by atoms with Crippen molar-refractivity contribution in [2.45, 2.75) is 18.9 Å². The van der Waals surface area contributed by atoms with Gasteiger partial charge in [0.15, 0.2) is 5.78 Å². The molecule has 0 aliphatic heterocycles. The first-order valence-corrected chi connectivity index (χ1v) is 8.92. The van der Waals surface area contributed by atoms with E-state index >= 15 is 0 Å². The maximum atomic E-state index is 12.7. The molecule has 3 nitrogen and oxygen atoms in total. The summed E-state index contributed by atoms with van der Waals surface area (Å²) >= 11 is 0. The van der Waals surface area contributed by atoms with Gasteiger partial charge in [0.05, 0.1) is 0 Å². The van der Waals surface area contributed by atoms with Crippen LogP contribution in [0.4, 0.5) is 0 Å². The van der Waals surface area contributed by atoms with Gasteiger partial charge in [-0.2, -0.15) is 0 Å². The van der Waals surface area contributed by atoms with Crippen molar-refractivity contribution in [1.29, 1.82) is 0 Å². The highest BCUT2D eigenvalue weighted by molar-refractivity contribution is 5.98. The number of rotatable bonds is 7. The molecule has 0 amide bonds. The molecule has 0 aliphatic carbocycles. The van der Waals surface area contributed by atoms with Crippen LogP contribution in [0.25, 0.3) is 22.3 Å². The number of nitrogens with two attached hydrogens (primary N) is 2. The van der Waals surface area contributed by atoms with Crippen LogP contribution in [0.5, 0.6) is 0 Å². The third kappa shape index (κ3) is 4.45. The monoisotopic (exact) mass is 344 g/mol. The molecule has 132 valence electrons. The van der Waals surface area contributed by atoms with Crippen LogP contribution in [0.15, 0.2) is 78.9 Å². The minimum absolute atomic E-state index is 0.101. The molecule has 0 aliphatic rings. The predicted molar refractivity (Wildman–Crippen MR) is 108 cm³/mol. The maximum Gasteiger partial charge on any atom is 0.162 e. The lowest BCUT2D eigenvalue weighted by molar-refractivity contribution is 0.0978. The molecule has 0 saturated heterocycles. The average molecular weight is 344 g/mol. The van der Waals surface area contributed by atoms with Gasteiger partial charge in [-0.1, -0.05) is 60.7 Å². The van der Waals surface area contributed by atoms with Crippen LogP contribution in [-0.4, -0.2) is 18.4 Å². The Balaban J connectivity index is 1.99. The van der Waals surface area contributed by atoms with E-state index < -0.39 is 0 Å². The number of benzene rings is 3. The molecule has 0 saturated carbocycles. The van der Waals surface area contributed by atoms with Gasteiger partial charge >= 0.3 is 0 Å². The second kappa shape index (κ2) is 8.56. The Hall–Kier alpha value is -2.75. The Morgan fingerprint density at radius 1 is 0.769 bits per heavy atom. The molecule has 0 heterocycles. The highest BCUT2D eigenvalue weighted by atomic mass is 16.1. The normalized spacial score (nSPS) is 11.9. The van der Waals surface area contributed by atoms with Crippen LogP contribution in [0.3, 0.4) is 0 Å². The molecule has 0 fully saturated rings. The van der Waals surface area contributed by atoms with E-state index in [2.05, 4.69) is 30.3 Å². The van der Waals surface area contributed by atoms with Crippen LogP contribution in [0, 0.1) is 0 Å². The van der Waals surface area contributed by atoms with E-state index in [9.17, 15) is 4.79 Å². The molecule has 0 aromatic heterocycles. The summed E-state index contributed by atoms with van der Waals surface area (Å²) in [7, 11) is 0. The number of hydrogen-bond donors (Lipinski definition) is 2. The predicted octanol–water partition coefficient (Wildman–Crippen LogP) is 4.27. The van der Waals surface area contributed by atoms with Gasteiger partial charge in [0.25, 0.3) is 0 Å². The molecule has 0 radical (unpaired) electrons. The van der Waals surface area contributed by atoms with E-state index in [0.717, 1.165) is 27.8 Å². The molecule has 1 atom stereocenters. The average Bonchev–Trinajstić information content (AvgIpc) is 2.72. The van der Waals surface area contributed by atoms with Gasteiger partial charge in [0, 0.05) is 24.6 Å². The first kappa shape index (κ1) is 18.1. The van der Waals surface area contributed by atoms with Gasteiger partial charge in [-0.25, -0.2) is 0 Å². The number of carbonyl (C=O) groups is 1. The standard InChI is InChI=1S/C23H24N2O/c24-16-22(25)11-12-23(26)21-14-19(17-7-3-1-4-8-17)13-20(15-21)18-9-5-2-6-10-18/h1-10,13-15,22H,11-12,16,24-25H2/t22-/m0/s1. The summed E-state index contributed by atoms with van der Waals surface area (Å²) in [6, 6.07) is 26.2. The quantitative estimate of drug-likeness (QED) is 0.629. The minimum Gasteiger partial charge on any atom is -0.329 e. The molecular weight excluding hydrogens is 320 g/mol. The van der Waals surface area contributed by atoms with Gasteiger partial charge in [-0.3, -0.25) is 4.79 Å². The second-order valence-electron chi connectivity index (χ2n) is 6.49. The number of carbonyl (C=O) groups excluding carboxylic acids is 1. The Bertz CT molecular complexity index is 802. The molecule has 0 unspecified atom stereocenters. The molecule has 3 aromatic rings. The lowest BCUT2D eigenvalue weighted by Crippen LogP contribution is -2.30. The van der Waals surface area contributed by atoms with Crippen LogP contribution in [0.2, 0.25) is 0 Å². The molecule has 3 heteroatoms. The Labute approximate surface area is 154 Å². The highest BCUT2D eigenvalue weighted by Crippen LogP contribution is 2.29. The summed E-state index contributed by atoms with van der Waals surface area (Å²) in [5, 5.41) is 0. The van der Waals surface area contributed by atoms with E-state index in [1.165, 1.54) is 0 Å². The maximum absolute atomic E-state index is 12.7. The minimum atomic E-state index is -0.134. The van der Waals surface area contributed by atoms with Crippen molar-refractivity contribution < 1.29 is 4.79 Å². The SMILES string of the molecule is NC[C@@H](N)CCC(=O)c1cc(-c2ccccc2)cc(-c2ccccc2)c1. The van der Waals surface area contributed by atoms with E-state index in [-0.39, 0.29) is 11.8 Å². The third-order valence-electron chi connectivity index (χ3n) is 4.51. The van der Waals surface area contributed by atoms with E-state index in [1.54, 1.807) is 0 Å². The summed E-state index contributed by atoms with van der Waals surface area (Å²) in [6.07, 6.45) is 1.01. The summed E-state index contributed by atoms with van der Waals surface area (Å²) in [6.45, 7) is 0.395. The van der Waals surface area contributed by atoms with Crippen molar-refractivity contribution in [2.24, 2.45) is 11.5 Å². The molecule has 3 aromatic carbocycles. The summed E-state index contributed by atoms with van der Waals surface area (Å²) < 4.78 is 0. The van der Waals surface area contributed by atoms with E-state index in [1.807, 2.05) is 48.5 Å². The number of hydrogen-bond acceptors (Lipinski definition) is 3. The fraction of sp³-hybridized carbons (Fsp3) is 0.174. The number of Topliss-reactive ketones (excluding diaryl/α,β-unsaturated/α-hetero) is 1. The highest BCUT2D eigenvalue weighted by Gasteiger charge is 2.12. The van der Waals surface area contributed by atoms with Gasteiger partial charge in [-0.15, -0.1) is 0 Å². The number of ketones is 1. The van der Waals surface area contributed by atoms with Crippen molar-refractivity contribution in [3.63, 3.8) is 0 Å². The summed E-state index contributed by atoms with van der Waals surface area (Å²) in [4.78, 5) is 12.7. The molecule has 4 N–H and O–H groups in total. The fourth-order valence-electron chi connectivity index (χ4n) is 2.96. The summed E-state index contributed by atoms with van der Waals surface area (Å²) in [5.41, 5.74) is 16.4. The van der Waals surface area contributed by atoms with E-state index in [0.29, 0.717) is 19.4 Å². The molecule has 0 spiro atoms. The van der Waals surface area contributed by atoms with Crippen LogP contribution < -0.4 is 11.5 Å². The molecular formula is C23H24N2O. The van der Waals surface area contributed by atoms with Gasteiger partial charge in [-0.05, 0) is 46.9 Å². The topological polar surface area (TPSA) is 69.1 Å². The van der Waals surface area contributed by atoms with Crippen molar-refractivity contribution in [2.75, 3.05) is 6.54 Å². The fourth-order valence-corrected chi connectivity index (χ4v) is 2.96. The lowest BCUT2D eigenvalue weighted by Gasteiger charge is -2.12. The second-order valence-corrected chi connectivity index (χ2v) is 6.49. The Morgan fingerprint density at radius 2 is 1.27 bits per heavy atom. The third-order valence-corrected chi connectivity index (χ3v) is 4.51. The van der Waals surface area contributed by atoms with Crippen molar-refractivity contribution in [3.05, 3.63) is 84.4 Å². The van der Waals surface area contributed by atoms with Crippen molar-refractivity contribution in [1.82, 2.24) is 0 Å². The lowest BCUT2D eigenvalue weighted by atomic mass is 9.93. The van der Waals surface area contributed by atoms with Gasteiger partial charge in [0.1, 0.15) is 0 Å². The first-order chi connectivity index (χ1) is 12.7.